The summed E-state index contributed by atoms with van der Waals surface area (Å²) in [6.45, 7) is 8.77. The molecule has 0 bridgehead atoms. The van der Waals surface area contributed by atoms with Crippen LogP contribution in [0.15, 0.2) is 54.9 Å². The summed E-state index contributed by atoms with van der Waals surface area (Å²) < 4.78 is 36.2. The normalized spacial score (nSPS) is 19.8. The van der Waals surface area contributed by atoms with E-state index in [-0.39, 0.29) is 42.4 Å². The molecule has 15 heteroatoms. The molecule has 3 saturated heterocycles. The highest BCUT2D eigenvalue weighted by molar-refractivity contribution is 6.01. The maximum absolute atomic E-state index is 15.4. The summed E-state index contributed by atoms with van der Waals surface area (Å²) in [4.78, 5) is 54.6. The second-order valence-electron chi connectivity index (χ2n) is 15.5. The predicted octanol–water partition coefficient (Wildman–Crippen LogP) is 4.27. The molecule has 7 heterocycles. The molecule has 3 N–H and O–H groups in total. The summed E-state index contributed by atoms with van der Waals surface area (Å²) in [5.74, 6) is -0.883. The number of nitrogens with one attached hydrogen (secondary N) is 3. The van der Waals surface area contributed by atoms with Gasteiger partial charge in [0.15, 0.2) is 0 Å². The zero-order valence-corrected chi connectivity index (χ0v) is 31.8. The molecule has 57 heavy (non-hydrogen) atoms. The lowest BCUT2D eigenvalue weighted by atomic mass is 9.90. The van der Waals surface area contributed by atoms with Crippen molar-refractivity contribution in [2.75, 3.05) is 79.4 Å². The number of nitrogens with zero attached hydrogens (tertiary/aromatic N) is 6. The summed E-state index contributed by atoms with van der Waals surface area (Å²) in [5, 5.41) is 9.00. The summed E-state index contributed by atoms with van der Waals surface area (Å²) >= 11 is 0. The minimum atomic E-state index is -0.526. The zero-order valence-electron chi connectivity index (χ0n) is 31.8. The number of rotatable bonds is 8. The highest BCUT2D eigenvalue weighted by atomic mass is 19.1. The molecule has 2 aromatic heterocycles. The van der Waals surface area contributed by atoms with E-state index >= 15 is 8.78 Å². The molecule has 0 spiro atoms. The van der Waals surface area contributed by atoms with E-state index in [0.29, 0.717) is 93.0 Å². The molecule has 1 unspecified atom stereocenters. The Labute approximate surface area is 329 Å². The van der Waals surface area contributed by atoms with Gasteiger partial charge in [-0.1, -0.05) is 12.1 Å². The third-order valence-corrected chi connectivity index (χ3v) is 12.0. The van der Waals surface area contributed by atoms with Gasteiger partial charge in [0.05, 0.1) is 29.9 Å². The Hall–Kier alpha value is -5.83. The molecule has 13 nitrogen and oxygen atoms in total. The molecule has 2 aromatic carbocycles. The third kappa shape index (κ3) is 7.43. The summed E-state index contributed by atoms with van der Waals surface area (Å²) in [7, 11) is 0. The molecule has 0 saturated carbocycles. The Morgan fingerprint density at radius 2 is 1.75 bits per heavy atom. The number of pyridine rings is 2. The van der Waals surface area contributed by atoms with Crippen molar-refractivity contribution in [3.05, 3.63) is 94.3 Å². The molecule has 5 aliphatic rings. The lowest BCUT2D eigenvalue weighted by Gasteiger charge is -2.49. The number of halogens is 2. The van der Waals surface area contributed by atoms with Gasteiger partial charge in [0.1, 0.15) is 29.7 Å². The number of aromatic nitrogens is 2. The Morgan fingerprint density at radius 1 is 0.912 bits per heavy atom. The molecule has 3 amide bonds. The first-order valence-corrected chi connectivity index (χ1v) is 19.7. The minimum absolute atomic E-state index is 0.0248. The number of amides is 3. The highest BCUT2D eigenvalue weighted by Gasteiger charge is 2.36. The minimum Gasteiger partial charge on any atom is -0.474 e. The topological polar surface area (TPSA) is 135 Å². The highest BCUT2D eigenvalue weighted by Crippen LogP contribution is 2.37. The van der Waals surface area contributed by atoms with E-state index < -0.39 is 11.7 Å². The maximum Gasteiger partial charge on any atom is 0.237 e. The van der Waals surface area contributed by atoms with Crippen LogP contribution in [0.5, 0.6) is 5.88 Å². The van der Waals surface area contributed by atoms with Crippen molar-refractivity contribution in [1.82, 2.24) is 25.1 Å². The van der Waals surface area contributed by atoms with Crippen LogP contribution in [0.25, 0.3) is 0 Å². The van der Waals surface area contributed by atoms with Crippen LogP contribution < -0.4 is 30.5 Å². The van der Waals surface area contributed by atoms with Crippen LogP contribution in [0.1, 0.15) is 46.6 Å². The van der Waals surface area contributed by atoms with Crippen LogP contribution >= 0.6 is 0 Å². The number of carbonyl (C=O) groups is 3. The van der Waals surface area contributed by atoms with Gasteiger partial charge in [0.25, 0.3) is 0 Å². The van der Waals surface area contributed by atoms with E-state index in [0.717, 1.165) is 42.0 Å². The second-order valence-corrected chi connectivity index (χ2v) is 15.5. The Kier molecular flexibility index (Phi) is 9.85. The number of carbonyl (C=O) groups excluding carboxylic acids is 3. The number of benzene rings is 2. The van der Waals surface area contributed by atoms with Gasteiger partial charge in [-0.3, -0.25) is 24.6 Å². The average molecular weight is 778 g/mol. The summed E-state index contributed by atoms with van der Waals surface area (Å²) in [5.41, 5.74) is 7.42. The van der Waals surface area contributed by atoms with Crippen molar-refractivity contribution in [1.29, 1.82) is 0 Å². The maximum atomic E-state index is 15.4. The van der Waals surface area contributed by atoms with Crippen molar-refractivity contribution in [3.63, 3.8) is 0 Å². The number of ether oxygens (including phenoxy) is 1. The smallest absolute Gasteiger partial charge is 0.237 e. The SMILES string of the molecule is Cc1c(N2CCc3cnc(Nc4ccc(CC(=O)N5CCN(C6CN(c7ccc(C8CCC(=O)NC8=O)cc7F)C6)CC5)c(F)c4)cc3C2)cnc2c1NCCO2. The van der Waals surface area contributed by atoms with E-state index in [4.69, 9.17) is 4.74 Å². The zero-order chi connectivity index (χ0) is 39.2. The number of hydrogen-bond donors (Lipinski definition) is 3. The molecule has 0 aliphatic carbocycles. The van der Waals surface area contributed by atoms with Crippen LogP contribution in [0.2, 0.25) is 0 Å². The van der Waals surface area contributed by atoms with Gasteiger partial charge in [-0.15, -0.1) is 0 Å². The molecule has 5 aliphatic heterocycles. The fourth-order valence-corrected chi connectivity index (χ4v) is 8.66. The van der Waals surface area contributed by atoms with Gasteiger partial charge in [-0.2, -0.15) is 0 Å². The molecular weight excluding hydrogens is 733 g/mol. The van der Waals surface area contributed by atoms with E-state index in [2.05, 4.69) is 42.6 Å². The average Bonchev–Trinajstić information content (AvgIpc) is 3.19. The van der Waals surface area contributed by atoms with Gasteiger partial charge in [-0.05, 0) is 72.4 Å². The molecule has 1 atom stereocenters. The van der Waals surface area contributed by atoms with E-state index in [1.807, 2.05) is 23.4 Å². The fraction of sp³-hybridized carbons (Fsp3) is 0.405. The van der Waals surface area contributed by atoms with Crippen molar-refractivity contribution in [2.45, 2.75) is 51.1 Å². The molecule has 3 fully saturated rings. The first-order chi connectivity index (χ1) is 27.7. The number of hydrogen-bond acceptors (Lipinski definition) is 11. The fourth-order valence-electron chi connectivity index (χ4n) is 8.66. The molecule has 0 radical (unpaired) electrons. The monoisotopic (exact) mass is 777 g/mol. The third-order valence-electron chi connectivity index (χ3n) is 12.0. The standard InChI is InChI=1S/C42H45F2N9O4/c1-25-36(21-47-42-40(25)45-9-15-57-42)52-10-8-28-20-46-37(17-29(28)22-52)48-30-4-2-27(33(43)19-30)18-39(55)51-13-11-50(12-14-51)31-23-53(24-31)35-6-3-26(16-34(35)44)32-5-7-38(54)49-41(32)56/h2-4,6,16-17,19-21,31-32,45H,5,7-15,18,22-24H2,1H3,(H,46,48)(H,49,54,56). The summed E-state index contributed by atoms with van der Waals surface area (Å²) in [6, 6.07) is 12.0. The van der Waals surface area contributed by atoms with Crippen LogP contribution in [0.3, 0.4) is 0 Å². The first kappa shape index (κ1) is 36.8. The Morgan fingerprint density at radius 3 is 2.54 bits per heavy atom. The summed E-state index contributed by atoms with van der Waals surface area (Å²) in [6.07, 6.45) is 5.21. The van der Waals surface area contributed by atoms with Gasteiger partial charge in [0.2, 0.25) is 23.6 Å². The van der Waals surface area contributed by atoms with Gasteiger partial charge >= 0.3 is 0 Å². The van der Waals surface area contributed by atoms with Crippen LogP contribution in [-0.2, 0) is 33.8 Å². The molecule has 9 rings (SSSR count). The number of fused-ring (bicyclic) bond motifs is 2. The van der Waals surface area contributed by atoms with E-state index in [1.54, 1.807) is 29.2 Å². The lowest BCUT2D eigenvalue weighted by Crippen LogP contribution is -2.63. The number of piperidine rings is 1. The molecule has 4 aromatic rings. The predicted molar refractivity (Wildman–Crippen MR) is 211 cm³/mol. The van der Waals surface area contributed by atoms with Crippen molar-refractivity contribution in [2.24, 2.45) is 0 Å². The Balaban J connectivity index is 0.753. The van der Waals surface area contributed by atoms with Crippen molar-refractivity contribution in [3.8, 4) is 5.88 Å². The van der Waals surface area contributed by atoms with Crippen LogP contribution in [0, 0.1) is 18.6 Å². The van der Waals surface area contributed by atoms with E-state index in [1.165, 1.54) is 17.7 Å². The Bertz CT molecular complexity index is 2240. The number of anilines is 5. The van der Waals surface area contributed by atoms with Gasteiger partial charge in [-0.25, -0.2) is 18.7 Å². The number of imide groups is 1. The molecule has 296 valence electrons. The van der Waals surface area contributed by atoms with Gasteiger partial charge in [0, 0.05) is 88.8 Å². The van der Waals surface area contributed by atoms with Crippen molar-refractivity contribution < 1.29 is 27.9 Å². The van der Waals surface area contributed by atoms with Crippen molar-refractivity contribution >= 4 is 46.3 Å². The number of piperazine rings is 1. The van der Waals surface area contributed by atoms with Gasteiger partial charge < -0.3 is 30.1 Å². The molecular formula is C42H45F2N9O4. The van der Waals surface area contributed by atoms with Crippen LogP contribution in [0.4, 0.5) is 37.3 Å². The van der Waals surface area contributed by atoms with E-state index in [9.17, 15) is 14.4 Å². The lowest BCUT2D eigenvalue weighted by molar-refractivity contribution is -0.134. The van der Waals surface area contributed by atoms with Crippen LogP contribution in [-0.4, -0.2) is 102 Å². The first-order valence-electron chi connectivity index (χ1n) is 19.7. The largest absolute Gasteiger partial charge is 0.474 e. The quantitative estimate of drug-likeness (QED) is 0.222. The second kappa shape index (κ2) is 15.3.